The second kappa shape index (κ2) is 6.23. The molecule has 1 aliphatic rings. The third-order valence-corrected chi connectivity index (χ3v) is 4.14. The summed E-state index contributed by atoms with van der Waals surface area (Å²) in [6, 6.07) is 3.85. The predicted molar refractivity (Wildman–Crippen MR) is 90.3 cm³/mol. The van der Waals surface area contributed by atoms with E-state index in [9.17, 15) is 0 Å². The number of aromatic nitrogens is 6. The van der Waals surface area contributed by atoms with Crippen molar-refractivity contribution in [2.75, 3.05) is 36.0 Å². The molecule has 0 radical (unpaired) electrons. The van der Waals surface area contributed by atoms with Gasteiger partial charge in [0.15, 0.2) is 5.82 Å². The molecule has 0 spiro atoms. The van der Waals surface area contributed by atoms with Crippen molar-refractivity contribution in [2.24, 2.45) is 0 Å². The highest BCUT2D eigenvalue weighted by atomic mass is 15.3. The molecule has 8 heteroatoms. The first-order valence-corrected chi connectivity index (χ1v) is 7.91. The van der Waals surface area contributed by atoms with Gasteiger partial charge in [0.25, 0.3) is 0 Å². The van der Waals surface area contributed by atoms with Crippen LogP contribution in [-0.4, -0.2) is 55.9 Å². The Morgan fingerprint density at radius 1 is 0.833 bits per heavy atom. The van der Waals surface area contributed by atoms with Crippen molar-refractivity contribution < 1.29 is 0 Å². The average Bonchev–Trinajstić information content (AvgIpc) is 3.17. The molecule has 1 aliphatic heterocycles. The molecule has 1 saturated heterocycles. The smallest absolute Gasteiger partial charge is 0.158 e. The summed E-state index contributed by atoms with van der Waals surface area (Å²) in [5.74, 6) is 2.67. The van der Waals surface area contributed by atoms with Gasteiger partial charge in [0.2, 0.25) is 0 Å². The van der Waals surface area contributed by atoms with E-state index in [1.165, 1.54) is 0 Å². The SMILES string of the molecule is Cc1nccnc1N1CCN(c2cc(-n3cccn3)ncn2)CC1. The Balaban J connectivity index is 1.48. The summed E-state index contributed by atoms with van der Waals surface area (Å²) in [7, 11) is 0. The lowest BCUT2D eigenvalue weighted by Crippen LogP contribution is -2.47. The molecule has 0 unspecified atom stereocenters. The quantitative estimate of drug-likeness (QED) is 0.714. The van der Waals surface area contributed by atoms with Gasteiger partial charge in [-0.05, 0) is 13.0 Å². The zero-order chi connectivity index (χ0) is 16.4. The van der Waals surface area contributed by atoms with Crippen molar-refractivity contribution in [2.45, 2.75) is 6.92 Å². The van der Waals surface area contributed by atoms with Gasteiger partial charge < -0.3 is 9.80 Å². The number of hydrogen-bond donors (Lipinski definition) is 0. The first kappa shape index (κ1) is 14.6. The largest absolute Gasteiger partial charge is 0.353 e. The maximum Gasteiger partial charge on any atom is 0.158 e. The van der Waals surface area contributed by atoms with Crippen LogP contribution in [0.5, 0.6) is 0 Å². The average molecular weight is 322 g/mol. The summed E-state index contributed by atoms with van der Waals surface area (Å²) in [6.07, 6.45) is 8.68. The number of nitrogens with zero attached hydrogens (tertiary/aromatic N) is 8. The first-order valence-electron chi connectivity index (χ1n) is 7.91. The fourth-order valence-electron chi connectivity index (χ4n) is 2.90. The zero-order valence-corrected chi connectivity index (χ0v) is 13.4. The van der Waals surface area contributed by atoms with E-state index in [0.29, 0.717) is 0 Å². The van der Waals surface area contributed by atoms with Crippen molar-refractivity contribution in [1.29, 1.82) is 0 Å². The molecule has 0 saturated carbocycles. The molecule has 3 aromatic heterocycles. The fourth-order valence-corrected chi connectivity index (χ4v) is 2.90. The van der Waals surface area contributed by atoms with Crippen molar-refractivity contribution in [3.8, 4) is 5.82 Å². The molecule has 24 heavy (non-hydrogen) atoms. The van der Waals surface area contributed by atoms with Gasteiger partial charge in [0.1, 0.15) is 18.0 Å². The van der Waals surface area contributed by atoms with Crippen LogP contribution in [0.2, 0.25) is 0 Å². The van der Waals surface area contributed by atoms with E-state index in [1.807, 2.05) is 25.3 Å². The van der Waals surface area contributed by atoms with Crippen LogP contribution in [0, 0.1) is 6.92 Å². The minimum absolute atomic E-state index is 0.775. The van der Waals surface area contributed by atoms with Crippen LogP contribution in [0.1, 0.15) is 5.69 Å². The predicted octanol–water partition coefficient (Wildman–Crippen LogP) is 1.09. The van der Waals surface area contributed by atoms with Gasteiger partial charge in [0, 0.05) is 57.0 Å². The van der Waals surface area contributed by atoms with E-state index in [2.05, 4.69) is 34.8 Å². The van der Waals surface area contributed by atoms with Gasteiger partial charge in [0.05, 0.1) is 5.69 Å². The van der Waals surface area contributed by atoms with Crippen molar-refractivity contribution >= 4 is 11.6 Å². The summed E-state index contributed by atoms with van der Waals surface area (Å²) in [4.78, 5) is 22.0. The van der Waals surface area contributed by atoms with E-state index in [-0.39, 0.29) is 0 Å². The van der Waals surface area contributed by atoms with Gasteiger partial charge in [-0.2, -0.15) is 5.10 Å². The number of aryl methyl sites for hydroxylation is 1. The van der Waals surface area contributed by atoms with Crippen LogP contribution >= 0.6 is 0 Å². The third-order valence-electron chi connectivity index (χ3n) is 4.14. The lowest BCUT2D eigenvalue weighted by Gasteiger charge is -2.36. The van der Waals surface area contributed by atoms with Crippen LogP contribution in [0.4, 0.5) is 11.6 Å². The molecule has 0 atom stereocenters. The van der Waals surface area contributed by atoms with Gasteiger partial charge in [-0.3, -0.25) is 4.98 Å². The molecular weight excluding hydrogens is 304 g/mol. The van der Waals surface area contributed by atoms with Gasteiger partial charge in [-0.1, -0.05) is 0 Å². The lowest BCUT2D eigenvalue weighted by atomic mass is 10.3. The molecule has 0 aromatic carbocycles. The molecule has 0 N–H and O–H groups in total. The Morgan fingerprint density at radius 2 is 1.58 bits per heavy atom. The van der Waals surface area contributed by atoms with Crippen molar-refractivity contribution in [3.05, 3.63) is 48.9 Å². The Hall–Kier alpha value is -3.03. The lowest BCUT2D eigenvalue weighted by molar-refractivity contribution is 0.637. The summed E-state index contributed by atoms with van der Waals surface area (Å²) in [5.41, 5.74) is 0.967. The minimum Gasteiger partial charge on any atom is -0.353 e. The van der Waals surface area contributed by atoms with E-state index >= 15 is 0 Å². The summed E-state index contributed by atoms with van der Waals surface area (Å²) < 4.78 is 1.74. The van der Waals surface area contributed by atoms with E-state index in [4.69, 9.17) is 0 Å². The second-order valence-electron chi connectivity index (χ2n) is 5.62. The van der Waals surface area contributed by atoms with E-state index in [0.717, 1.165) is 49.3 Å². The second-order valence-corrected chi connectivity index (χ2v) is 5.62. The number of piperazine rings is 1. The van der Waals surface area contributed by atoms with Crippen LogP contribution < -0.4 is 9.80 Å². The van der Waals surface area contributed by atoms with Crippen molar-refractivity contribution in [3.63, 3.8) is 0 Å². The minimum atomic E-state index is 0.775. The third kappa shape index (κ3) is 2.78. The number of rotatable bonds is 3. The zero-order valence-electron chi connectivity index (χ0n) is 13.4. The Kier molecular flexibility index (Phi) is 3.78. The molecule has 3 aromatic rings. The van der Waals surface area contributed by atoms with E-state index < -0.39 is 0 Å². The molecule has 1 fully saturated rings. The standard InChI is InChI=1S/C16H18N8/c1-13-16(18-5-4-17-13)23-9-7-22(8-10-23)14-11-15(20-12-19-14)24-6-2-3-21-24/h2-6,11-12H,7-10H2,1H3. The molecule has 0 amide bonds. The van der Waals surface area contributed by atoms with E-state index in [1.54, 1.807) is 29.6 Å². The molecule has 4 heterocycles. The highest BCUT2D eigenvalue weighted by molar-refractivity contribution is 5.48. The highest BCUT2D eigenvalue weighted by Gasteiger charge is 2.21. The fraction of sp³-hybridized carbons (Fsp3) is 0.312. The normalized spacial score (nSPS) is 14.9. The Morgan fingerprint density at radius 3 is 2.33 bits per heavy atom. The number of anilines is 2. The molecule has 4 rings (SSSR count). The van der Waals surface area contributed by atoms with Crippen LogP contribution in [0.15, 0.2) is 43.2 Å². The summed E-state index contributed by atoms with van der Waals surface area (Å²) >= 11 is 0. The highest BCUT2D eigenvalue weighted by Crippen LogP contribution is 2.19. The summed E-state index contributed by atoms with van der Waals surface area (Å²) in [6.45, 7) is 5.54. The Bertz CT molecular complexity index is 808. The molecule has 0 bridgehead atoms. The number of hydrogen-bond acceptors (Lipinski definition) is 7. The molecule has 122 valence electrons. The van der Waals surface area contributed by atoms with Crippen LogP contribution in [-0.2, 0) is 0 Å². The maximum atomic E-state index is 4.46. The monoisotopic (exact) mass is 322 g/mol. The topological polar surface area (TPSA) is 75.9 Å². The first-order chi connectivity index (χ1) is 11.8. The van der Waals surface area contributed by atoms with Crippen molar-refractivity contribution in [1.82, 2.24) is 29.7 Å². The molecule has 0 aliphatic carbocycles. The molecular formula is C16H18N8. The van der Waals surface area contributed by atoms with Crippen LogP contribution in [0.25, 0.3) is 5.82 Å². The maximum absolute atomic E-state index is 4.46. The molecule has 8 nitrogen and oxygen atoms in total. The Labute approximate surface area is 139 Å². The van der Waals surface area contributed by atoms with Gasteiger partial charge >= 0.3 is 0 Å². The van der Waals surface area contributed by atoms with Gasteiger partial charge in [-0.25, -0.2) is 19.6 Å². The van der Waals surface area contributed by atoms with Crippen LogP contribution in [0.3, 0.4) is 0 Å². The van der Waals surface area contributed by atoms with Gasteiger partial charge in [-0.15, -0.1) is 0 Å². The summed E-state index contributed by atoms with van der Waals surface area (Å²) in [5, 5.41) is 4.22.